The van der Waals surface area contributed by atoms with Crippen molar-refractivity contribution in [2.45, 2.75) is 38.8 Å². The number of hydrogen-bond donors (Lipinski definition) is 0. The van der Waals surface area contributed by atoms with Gasteiger partial charge in [-0.15, -0.1) is 10.3 Å². The van der Waals surface area contributed by atoms with E-state index in [4.69, 9.17) is 0 Å². The first-order chi connectivity index (χ1) is 9.31. The number of nitrogens with zero attached hydrogens (tertiary/aromatic N) is 1. The maximum absolute atomic E-state index is 12.4. The molecule has 1 aromatic rings. The first-order valence-corrected chi connectivity index (χ1v) is 6.56. The number of carbonyl (C=O) groups is 1. The summed E-state index contributed by atoms with van der Waals surface area (Å²) in [7, 11) is 0. The van der Waals surface area contributed by atoms with Gasteiger partial charge in [-0.3, -0.25) is 4.79 Å². The van der Waals surface area contributed by atoms with Gasteiger partial charge in [-0.05, 0) is 39.8 Å². The maximum atomic E-state index is 12.4. The largest absolute Gasteiger partial charge is 0.298 e. The number of carbonyl (C=O) groups excluding carboxylic acids is 1. The topological polar surface area (TPSA) is 40.2 Å². The summed E-state index contributed by atoms with van der Waals surface area (Å²) in [5.41, 5.74) is 0.313. The standard InChI is InChI=1S/C17H18NO2/c1-16(2)14(11-10-13-8-6-5-7-9-13)15(12-19)17(3,4)18(16)20/h5-9,12H,1-4H3. The summed E-state index contributed by atoms with van der Waals surface area (Å²) in [5, 5.41) is 13.3. The summed E-state index contributed by atoms with van der Waals surface area (Å²) in [6.07, 6.45) is 0.759. The summed E-state index contributed by atoms with van der Waals surface area (Å²) in [6.45, 7) is 7.10. The normalized spacial score (nSPS) is 20.4. The third kappa shape index (κ3) is 2.18. The number of hydrogen-bond acceptors (Lipinski definition) is 2. The van der Waals surface area contributed by atoms with Gasteiger partial charge >= 0.3 is 0 Å². The van der Waals surface area contributed by atoms with Crippen molar-refractivity contribution in [3.63, 3.8) is 0 Å². The molecule has 0 bridgehead atoms. The van der Waals surface area contributed by atoms with Crippen molar-refractivity contribution in [1.82, 2.24) is 5.06 Å². The molecule has 0 spiro atoms. The Labute approximate surface area is 119 Å². The average Bonchev–Trinajstić information content (AvgIpc) is 2.55. The SMILES string of the molecule is CC1(C)C(C#Cc2ccccc2)=C(C=O)C(C)(C)N1[O]. The first-order valence-electron chi connectivity index (χ1n) is 6.56. The van der Waals surface area contributed by atoms with Crippen LogP contribution in [0, 0.1) is 11.8 Å². The Balaban J connectivity index is 2.53. The van der Waals surface area contributed by atoms with Crippen LogP contribution < -0.4 is 0 Å². The Kier molecular flexibility index (Phi) is 3.56. The summed E-state index contributed by atoms with van der Waals surface area (Å²) in [5.74, 6) is 6.06. The number of rotatable bonds is 1. The van der Waals surface area contributed by atoms with Crippen LogP contribution in [0.3, 0.4) is 0 Å². The molecule has 0 amide bonds. The van der Waals surface area contributed by atoms with Crippen LogP contribution in [0.25, 0.3) is 0 Å². The highest BCUT2D eigenvalue weighted by atomic mass is 16.5. The zero-order valence-corrected chi connectivity index (χ0v) is 12.2. The molecule has 0 aromatic heterocycles. The van der Waals surface area contributed by atoms with Gasteiger partial charge in [-0.25, -0.2) is 0 Å². The van der Waals surface area contributed by atoms with Crippen LogP contribution in [0.4, 0.5) is 0 Å². The van der Waals surface area contributed by atoms with Gasteiger partial charge in [0.15, 0.2) is 0 Å². The lowest BCUT2D eigenvalue weighted by Crippen LogP contribution is -2.47. The molecule has 2 rings (SSSR count). The molecule has 1 aliphatic rings. The van der Waals surface area contributed by atoms with Crippen LogP contribution in [0.5, 0.6) is 0 Å². The third-order valence-electron chi connectivity index (χ3n) is 3.78. The van der Waals surface area contributed by atoms with Crippen molar-refractivity contribution in [3.05, 3.63) is 47.0 Å². The molecule has 0 atom stereocenters. The minimum absolute atomic E-state index is 0.473. The zero-order chi connectivity index (χ0) is 15.0. The molecule has 1 radical (unpaired) electrons. The van der Waals surface area contributed by atoms with Crippen molar-refractivity contribution in [3.8, 4) is 11.8 Å². The lowest BCUT2D eigenvalue weighted by atomic mass is 9.91. The van der Waals surface area contributed by atoms with E-state index in [0.29, 0.717) is 11.1 Å². The smallest absolute Gasteiger partial charge is 0.148 e. The Morgan fingerprint density at radius 1 is 1.00 bits per heavy atom. The van der Waals surface area contributed by atoms with E-state index in [1.807, 2.05) is 30.3 Å². The number of aldehydes is 1. The lowest BCUT2D eigenvalue weighted by Gasteiger charge is -2.33. The molecule has 0 saturated heterocycles. The van der Waals surface area contributed by atoms with E-state index < -0.39 is 11.1 Å². The van der Waals surface area contributed by atoms with E-state index in [2.05, 4.69) is 11.8 Å². The van der Waals surface area contributed by atoms with Gasteiger partial charge in [0.2, 0.25) is 0 Å². The fourth-order valence-electron chi connectivity index (χ4n) is 2.62. The van der Waals surface area contributed by atoms with Gasteiger partial charge < -0.3 is 0 Å². The third-order valence-corrected chi connectivity index (χ3v) is 3.78. The monoisotopic (exact) mass is 268 g/mol. The second-order valence-corrected chi connectivity index (χ2v) is 5.93. The van der Waals surface area contributed by atoms with E-state index in [9.17, 15) is 10.0 Å². The van der Waals surface area contributed by atoms with Gasteiger partial charge in [-0.1, -0.05) is 30.0 Å². The summed E-state index contributed by atoms with van der Waals surface area (Å²) in [6, 6.07) is 9.53. The fourth-order valence-corrected chi connectivity index (χ4v) is 2.62. The predicted molar refractivity (Wildman–Crippen MR) is 77.1 cm³/mol. The highest BCUT2D eigenvalue weighted by molar-refractivity contribution is 5.82. The van der Waals surface area contributed by atoms with Gasteiger partial charge in [0.05, 0.1) is 11.1 Å². The number of hydroxylamine groups is 2. The quantitative estimate of drug-likeness (QED) is 0.580. The Bertz CT molecular complexity index is 615. The predicted octanol–water partition coefficient (Wildman–Crippen LogP) is 2.75. The molecule has 3 nitrogen and oxygen atoms in total. The molecule has 3 heteroatoms. The molecule has 0 saturated carbocycles. The van der Waals surface area contributed by atoms with Gasteiger partial charge in [0.1, 0.15) is 6.29 Å². The van der Waals surface area contributed by atoms with E-state index >= 15 is 0 Å². The van der Waals surface area contributed by atoms with Crippen molar-refractivity contribution >= 4 is 6.29 Å². The molecular formula is C17H18NO2. The molecule has 0 N–H and O–H groups in total. The minimum Gasteiger partial charge on any atom is -0.298 e. The summed E-state index contributed by atoms with van der Waals surface area (Å²) >= 11 is 0. The highest BCUT2D eigenvalue weighted by Gasteiger charge is 2.51. The van der Waals surface area contributed by atoms with Crippen molar-refractivity contribution in [2.75, 3.05) is 0 Å². The lowest BCUT2D eigenvalue weighted by molar-refractivity contribution is -0.239. The second kappa shape index (κ2) is 4.90. The van der Waals surface area contributed by atoms with E-state index in [-0.39, 0.29) is 0 Å². The molecule has 1 aromatic carbocycles. The van der Waals surface area contributed by atoms with Crippen LogP contribution in [-0.4, -0.2) is 22.4 Å². The van der Waals surface area contributed by atoms with Crippen molar-refractivity contribution in [1.29, 1.82) is 0 Å². The Morgan fingerprint density at radius 3 is 2.15 bits per heavy atom. The van der Waals surface area contributed by atoms with E-state index in [1.54, 1.807) is 27.7 Å². The molecule has 0 unspecified atom stereocenters. The van der Waals surface area contributed by atoms with Crippen LogP contribution in [-0.2, 0) is 10.0 Å². The Morgan fingerprint density at radius 2 is 1.60 bits per heavy atom. The van der Waals surface area contributed by atoms with Gasteiger partial charge in [-0.2, -0.15) is 0 Å². The van der Waals surface area contributed by atoms with Crippen molar-refractivity contribution < 1.29 is 10.0 Å². The summed E-state index contributed by atoms with van der Waals surface area (Å²) < 4.78 is 0. The zero-order valence-electron chi connectivity index (χ0n) is 12.2. The first kappa shape index (κ1) is 14.5. The van der Waals surface area contributed by atoms with Crippen LogP contribution >= 0.6 is 0 Å². The highest BCUT2D eigenvalue weighted by Crippen LogP contribution is 2.42. The van der Waals surface area contributed by atoms with E-state index in [1.165, 1.54) is 0 Å². The summed E-state index contributed by atoms with van der Waals surface area (Å²) in [4.78, 5) is 11.4. The maximum Gasteiger partial charge on any atom is 0.148 e. The molecule has 103 valence electrons. The fraction of sp³-hybridized carbons (Fsp3) is 0.353. The second-order valence-electron chi connectivity index (χ2n) is 5.93. The molecule has 20 heavy (non-hydrogen) atoms. The molecule has 0 aliphatic carbocycles. The van der Waals surface area contributed by atoms with Gasteiger partial charge in [0, 0.05) is 16.7 Å². The molecule has 1 aliphatic heterocycles. The molecule has 0 fully saturated rings. The van der Waals surface area contributed by atoms with Crippen LogP contribution in [0.2, 0.25) is 0 Å². The van der Waals surface area contributed by atoms with Crippen LogP contribution in [0.1, 0.15) is 33.3 Å². The van der Waals surface area contributed by atoms with Crippen molar-refractivity contribution in [2.24, 2.45) is 0 Å². The average molecular weight is 268 g/mol. The van der Waals surface area contributed by atoms with Gasteiger partial charge in [0.25, 0.3) is 0 Å². The Hall–Kier alpha value is -1.89. The number of benzene rings is 1. The van der Waals surface area contributed by atoms with Crippen LogP contribution in [0.15, 0.2) is 41.5 Å². The minimum atomic E-state index is -0.841. The molecular weight excluding hydrogens is 250 g/mol. The van der Waals surface area contributed by atoms with E-state index in [0.717, 1.165) is 16.9 Å². The molecule has 1 heterocycles.